The van der Waals surface area contributed by atoms with Gasteiger partial charge in [0.2, 0.25) is 0 Å². The summed E-state index contributed by atoms with van der Waals surface area (Å²) < 4.78 is 1.26. The maximum absolute atomic E-state index is 3.84. The number of hydrogen-bond donors (Lipinski definition) is 0. The van der Waals surface area contributed by atoms with Gasteiger partial charge in [-0.1, -0.05) is 61.9 Å². The molecule has 1 heteroatoms. The van der Waals surface area contributed by atoms with Crippen LogP contribution in [0.2, 0.25) is 0 Å². The highest BCUT2D eigenvalue weighted by Crippen LogP contribution is 2.41. The lowest BCUT2D eigenvalue weighted by atomic mass is 9.96. The van der Waals surface area contributed by atoms with Gasteiger partial charge in [-0.2, -0.15) is 0 Å². The average molecular weight is 313 g/mol. The van der Waals surface area contributed by atoms with E-state index in [4.69, 9.17) is 0 Å². The van der Waals surface area contributed by atoms with E-state index >= 15 is 0 Å². The van der Waals surface area contributed by atoms with Crippen molar-refractivity contribution in [3.63, 3.8) is 0 Å². The Morgan fingerprint density at radius 2 is 1.84 bits per heavy atom. The number of allylic oxidation sites excluding steroid dienone is 2. The maximum Gasteiger partial charge on any atom is 0.0331 e. The van der Waals surface area contributed by atoms with Gasteiger partial charge in [0.15, 0.2) is 0 Å². The van der Waals surface area contributed by atoms with E-state index in [1.54, 1.807) is 0 Å². The molecule has 0 heterocycles. The highest BCUT2D eigenvalue weighted by molar-refractivity contribution is 9.10. The molecule has 0 aliphatic heterocycles. The van der Waals surface area contributed by atoms with E-state index in [1.807, 2.05) is 0 Å². The van der Waals surface area contributed by atoms with Crippen molar-refractivity contribution in [3.05, 3.63) is 64.1 Å². The van der Waals surface area contributed by atoms with Gasteiger partial charge in [-0.25, -0.2) is 0 Å². The van der Waals surface area contributed by atoms with Crippen LogP contribution in [0.5, 0.6) is 0 Å². The highest BCUT2D eigenvalue weighted by atomic mass is 79.9. The number of fused-ring (bicyclic) bond motifs is 1. The molecule has 0 bridgehead atoms. The van der Waals surface area contributed by atoms with Gasteiger partial charge in [0, 0.05) is 4.47 Å². The minimum absolute atomic E-state index is 1.08. The lowest BCUT2D eigenvalue weighted by Gasteiger charge is -2.12. The summed E-state index contributed by atoms with van der Waals surface area (Å²) in [6.07, 6.45) is 5.84. The van der Waals surface area contributed by atoms with Crippen LogP contribution in [0.25, 0.3) is 16.7 Å². The van der Waals surface area contributed by atoms with Crippen LogP contribution < -0.4 is 0 Å². The molecule has 0 atom stereocenters. The van der Waals surface area contributed by atoms with Crippen LogP contribution in [-0.2, 0) is 6.42 Å². The summed E-state index contributed by atoms with van der Waals surface area (Å²) in [6.45, 7) is 2.24. The van der Waals surface area contributed by atoms with E-state index in [9.17, 15) is 0 Å². The molecule has 2 aromatic carbocycles. The molecule has 2 aromatic rings. The minimum Gasteiger partial charge on any atom is -0.0762 e. The zero-order chi connectivity index (χ0) is 13.2. The fraction of sp³-hybridized carbons (Fsp3) is 0.222. The highest BCUT2D eigenvalue weighted by Gasteiger charge is 2.19. The van der Waals surface area contributed by atoms with E-state index in [2.05, 4.69) is 71.4 Å². The largest absolute Gasteiger partial charge is 0.0762 e. The van der Waals surface area contributed by atoms with E-state index in [-0.39, 0.29) is 0 Å². The van der Waals surface area contributed by atoms with Crippen LogP contribution in [0.3, 0.4) is 0 Å². The molecule has 0 fully saturated rings. The van der Waals surface area contributed by atoms with Gasteiger partial charge in [0.25, 0.3) is 0 Å². The fourth-order valence-corrected chi connectivity index (χ4v) is 3.68. The van der Waals surface area contributed by atoms with Gasteiger partial charge in [0.1, 0.15) is 0 Å². The molecule has 0 radical (unpaired) electrons. The summed E-state index contributed by atoms with van der Waals surface area (Å²) in [4.78, 5) is 0. The zero-order valence-electron chi connectivity index (χ0n) is 11.1. The predicted octanol–water partition coefficient (Wildman–Crippen LogP) is 5.86. The molecule has 0 saturated carbocycles. The van der Waals surface area contributed by atoms with Gasteiger partial charge >= 0.3 is 0 Å². The second kappa shape index (κ2) is 5.34. The predicted molar refractivity (Wildman–Crippen MR) is 86.2 cm³/mol. The molecule has 96 valence electrons. The van der Waals surface area contributed by atoms with Crippen molar-refractivity contribution in [3.8, 4) is 11.1 Å². The second-order valence-electron chi connectivity index (χ2n) is 5.01. The van der Waals surface area contributed by atoms with E-state index < -0.39 is 0 Å². The summed E-state index contributed by atoms with van der Waals surface area (Å²) in [5, 5.41) is 0. The lowest BCUT2D eigenvalue weighted by molar-refractivity contribution is 0.974. The lowest BCUT2D eigenvalue weighted by Crippen LogP contribution is -1.90. The molecule has 0 nitrogen and oxygen atoms in total. The first-order valence-corrected chi connectivity index (χ1v) is 7.66. The van der Waals surface area contributed by atoms with E-state index in [0.717, 1.165) is 6.42 Å². The van der Waals surface area contributed by atoms with Gasteiger partial charge in [0.05, 0.1) is 0 Å². The zero-order valence-corrected chi connectivity index (χ0v) is 12.7. The molecule has 0 spiro atoms. The Morgan fingerprint density at radius 1 is 1.05 bits per heavy atom. The van der Waals surface area contributed by atoms with E-state index in [1.165, 1.54) is 45.1 Å². The van der Waals surface area contributed by atoms with Crippen molar-refractivity contribution in [2.24, 2.45) is 0 Å². The molecular formula is C18H17Br. The molecule has 1 aliphatic rings. The SMILES string of the molecule is CCCC1=CCc2ccc(-c3ccccc3)c(Br)c21. The summed E-state index contributed by atoms with van der Waals surface area (Å²) in [7, 11) is 0. The van der Waals surface area contributed by atoms with Crippen molar-refractivity contribution in [2.75, 3.05) is 0 Å². The molecule has 19 heavy (non-hydrogen) atoms. The molecular weight excluding hydrogens is 296 g/mol. The number of halogens is 1. The molecule has 0 saturated heterocycles. The third-order valence-corrected chi connectivity index (χ3v) is 4.55. The van der Waals surface area contributed by atoms with Gasteiger partial charge in [-0.3, -0.25) is 0 Å². The minimum atomic E-state index is 1.08. The normalized spacial score (nSPS) is 13.3. The van der Waals surface area contributed by atoms with Gasteiger partial charge < -0.3 is 0 Å². The van der Waals surface area contributed by atoms with Crippen molar-refractivity contribution >= 4 is 21.5 Å². The summed E-state index contributed by atoms with van der Waals surface area (Å²) >= 11 is 3.84. The molecule has 3 rings (SSSR count). The van der Waals surface area contributed by atoms with Crippen LogP contribution in [0, 0.1) is 0 Å². The Bertz CT molecular complexity index is 624. The quantitative estimate of drug-likeness (QED) is 0.666. The van der Waals surface area contributed by atoms with Crippen LogP contribution >= 0.6 is 15.9 Å². The van der Waals surface area contributed by atoms with Crippen molar-refractivity contribution in [1.29, 1.82) is 0 Å². The van der Waals surface area contributed by atoms with Gasteiger partial charge in [-0.15, -0.1) is 0 Å². The smallest absolute Gasteiger partial charge is 0.0331 e. The number of benzene rings is 2. The average Bonchev–Trinajstić information content (AvgIpc) is 2.85. The molecule has 0 N–H and O–H groups in total. The van der Waals surface area contributed by atoms with E-state index in [0.29, 0.717) is 0 Å². The Kier molecular flexibility index (Phi) is 3.56. The summed E-state index contributed by atoms with van der Waals surface area (Å²) in [6, 6.07) is 15.1. The maximum atomic E-state index is 3.84. The molecule has 0 unspecified atom stereocenters. The summed E-state index contributed by atoms with van der Waals surface area (Å²) in [5.74, 6) is 0. The van der Waals surface area contributed by atoms with Crippen LogP contribution in [0.15, 0.2) is 53.0 Å². The van der Waals surface area contributed by atoms with Crippen LogP contribution in [0.1, 0.15) is 30.9 Å². The fourth-order valence-electron chi connectivity index (χ4n) is 2.81. The van der Waals surface area contributed by atoms with Crippen molar-refractivity contribution in [1.82, 2.24) is 0 Å². The Balaban J connectivity index is 2.11. The Hall–Kier alpha value is -1.34. The first-order chi connectivity index (χ1) is 9.31. The Morgan fingerprint density at radius 3 is 2.58 bits per heavy atom. The standard InChI is InChI=1S/C18H17Br/c1-2-6-14-9-10-15-11-12-16(18(19)17(14)15)13-7-4-3-5-8-13/h3-5,7-9,11-12H,2,6,10H2,1H3. The third kappa shape index (κ3) is 2.28. The number of hydrogen-bond acceptors (Lipinski definition) is 0. The topological polar surface area (TPSA) is 0 Å². The monoisotopic (exact) mass is 312 g/mol. The first-order valence-electron chi connectivity index (χ1n) is 6.87. The molecule has 1 aliphatic carbocycles. The number of rotatable bonds is 3. The van der Waals surface area contributed by atoms with Crippen molar-refractivity contribution < 1.29 is 0 Å². The molecule has 0 aromatic heterocycles. The Labute approximate surface area is 123 Å². The summed E-state index contributed by atoms with van der Waals surface area (Å²) in [5.41, 5.74) is 6.96. The first kappa shape index (κ1) is 12.7. The second-order valence-corrected chi connectivity index (χ2v) is 5.80. The van der Waals surface area contributed by atoms with Gasteiger partial charge in [-0.05, 0) is 56.6 Å². The third-order valence-electron chi connectivity index (χ3n) is 3.72. The molecule has 0 amide bonds. The van der Waals surface area contributed by atoms with Crippen LogP contribution in [0.4, 0.5) is 0 Å². The van der Waals surface area contributed by atoms with Crippen molar-refractivity contribution in [2.45, 2.75) is 26.2 Å². The van der Waals surface area contributed by atoms with Crippen LogP contribution in [-0.4, -0.2) is 0 Å².